The lowest BCUT2D eigenvalue weighted by Gasteiger charge is -2.32. The van der Waals surface area contributed by atoms with E-state index in [-0.39, 0.29) is 11.4 Å². The van der Waals surface area contributed by atoms with Crippen LogP contribution < -0.4 is 5.32 Å². The number of hydrazone groups is 1. The van der Waals surface area contributed by atoms with E-state index in [1.807, 2.05) is 31.2 Å². The summed E-state index contributed by atoms with van der Waals surface area (Å²) in [6.07, 6.45) is 0.720. The number of amides is 1. The average molecular weight is 393 g/mol. The number of thioether (sulfide) groups is 1. The van der Waals surface area contributed by atoms with Crippen LogP contribution in [0.2, 0.25) is 5.02 Å². The summed E-state index contributed by atoms with van der Waals surface area (Å²) in [4.78, 5) is 15.3. The van der Waals surface area contributed by atoms with Crippen LogP contribution in [0, 0.1) is 0 Å². The van der Waals surface area contributed by atoms with Gasteiger partial charge in [-0.25, -0.2) is 0 Å². The number of nitrogens with one attached hydrogen (secondary N) is 1. The number of benzene rings is 1. The molecule has 0 spiro atoms. The maximum absolute atomic E-state index is 13.0. The largest absolute Gasteiger partial charge is 0.379 e. The van der Waals surface area contributed by atoms with Crippen LogP contribution in [0.25, 0.3) is 0 Å². The van der Waals surface area contributed by atoms with Crippen molar-refractivity contribution in [3.05, 3.63) is 46.1 Å². The molecule has 0 aromatic heterocycles. The minimum Gasteiger partial charge on any atom is -0.379 e. The smallest absolute Gasteiger partial charge is 0.274 e. The highest BCUT2D eigenvalue weighted by molar-refractivity contribution is 8.15. The fourth-order valence-corrected chi connectivity index (χ4v) is 4.47. The number of rotatable bonds is 4. The molecule has 26 heavy (non-hydrogen) atoms. The van der Waals surface area contributed by atoms with E-state index in [9.17, 15) is 4.79 Å². The van der Waals surface area contributed by atoms with Gasteiger partial charge in [0.25, 0.3) is 5.91 Å². The van der Waals surface area contributed by atoms with Crippen molar-refractivity contribution >= 4 is 34.3 Å². The molecule has 8 heteroatoms. The van der Waals surface area contributed by atoms with Gasteiger partial charge in [0.1, 0.15) is 5.04 Å². The van der Waals surface area contributed by atoms with Crippen LogP contribution in [0.15, 0.2) is 40.6 Å². The molecule has 6 nitrogen and oxygen atoms in total. The van der Waals surface area contributed by atoms with Crippen LogP contribution in [0.1, 0.15) is 18.9 Å². The van der Waals surface area contributed by atoms with Gasteiger partial charge in [-0.2, -0.15) is 10.1 Å². The number of carbonyl (C=O) groups is 1. The van der Waals surface area contributed by atoms with Gasteiger partial charge in [0.2, 0.25) is 0 Å². The molecule has 4 rings (SSSR count). The van der Waals surface area contributed by atoms with Crippen molar-refractivity contribution in [1.82, 2.24) is 15.2 Å². The molecule has 1 fully saturated rings. The van der Waals surface area contributed by atoms with Crippen LogP contribution in [0.4, 0.5) is 0 Å². The maximum Gasteiger partial charge on any atom is 0.274 e. The van der Waals surface area contributed by atoms with Crippen molar-refractivity contribution in [3.8, 4) is 0 Å². The summed E-state index contributed by atoms with van der Waals surface area (Å²) in [7, 11) is 0. The van der Waals surface area contributed by atoms with Gasteiger partial charge < -0.3 is 10.1 Å². The molecule has 0 saturated carbocycles. The normalized spacial score (nSPS) is 23.8. The van der Waals surface area contributed by atoms with E-state index < -0.39 is 0 Å². The highest BCUT2D eigenvalue weighted by Crippen LogP contribution is 2.34. The molecule has 1 amide bonds. The number of ether oxygens (including phenoxy) is 1. The van der Waals surface area contributed by atoms with Crippen molar-refractivity contribution in [2.45, 2.75) is 18.8 Å². The van der Waals surface area contributed by atoms with Crippen molar-refractivity contribution in [1.29, 1.82) is 0 Å². The van der Waals surface area contributed by atoms with Gasteiger partial charge in [-0.15, -0.1) is 0 Å². The fourth-order valence-electron chi connectivity index (χ4n) is 3.25. The molecular weight excluding hydrogens is 372 g/mol. The van der Waals surface area contributed by atoms with E-state index in [1.165, 1.54) is 0 Å². The minimum absolute atomic E-state index is 0.00373. The Kier molecular flexibility index (Phi) is 5.22. The summed E-state index contributed by atoms with van der Waals surface area (Å²) in [5.41, 5.74) is 2.55. The summed E-state index contributed by atoms with van der Waals surface area (Å²) in [6.45, 7) is 6.23. The molecule has 1 unspecified atom stereocenters. The average Bonchev–Trinajstić information content (AvgIpc) is 3.07. The second kappa shape index (κ2) is 7.60. The molecule has 0 aliphatic carbocycles. The predicted octanol–water partition coefficient (Wildman–Crippen LogP) is 2.46. The SMILES string of the molecule is CC1=C(CCN2CCOCC2)C(=O)N2N=C(c3ccc(Cl)cc3)SC2N1. The molecule has 0 radical (unpaired) electrons. The molecule has 3 heterocycles. The van der Waals surface area contributed by atoms with Crippen molar-refractivity contribution in [2.75, 3.05) is 32.8 Å². The van der Waals surface area contributed by atoms with Crippen molar-refractivity contribution in [2.24, 2.45) is 5.10 Å². The first-order valence-electron chi connectivity index (χ1n) is 8.73. The van der Waals surface area contributed by atoms with Gasteiger partial charge in [-0.3, -0.25) is 9.69 Å². The Morgan fingerprint density at radius 2 is 2.04 bits per heavy atom. The second-order valence-corrected chi connectivity index (χ2v) is 7.99. The molecule has 0 bridgehead atoms. The van der Waals surface area contributed by atoms with Crippen LogP contribution in [-0.4, -0.2) is 59.2 Å². The number of hydrogen-bond donors (Lipinski definition) is 1. The van der Waals surface area contributed by atoms with E-state index in [1.54, 1.807) is 16.8 Å². The Morgan fingerprint density at radius 3 is 2.77 bits per heavy atom. The Morgan fingerprint density at radius 1 is 1.31 bits per heavy atom. The molecule has 1 saturated heterocycles. The highest BCUT2D eigenvalue weighted by atomic mass is 35.5. The Balaban J connectivity index is 1.46. The van der Waals surface area contributed by atoms with E-state index in [0.29, 0.717) is 5.02 Å². The van der Waals surface area contributed by atoms with E-state index in [2.05, 4.69) is 15.3 Å². The highest BCUT2D eigenvalue weighted by Gasteiger charge is 2.38. The number of nitrogens with zero attached hydrogens (tertiary/aromatic N) is 3. The second-order valence-electron chi connectivity index (χ2n) is 6.48. The summed E-state index contributed by atoms with van der Waals surface area (Å²) >= 11 is 7.51. The zero-order valence-corrected chi connectivity index (χ0v) is 16.1. The number of hydrogen-bond acceptors (Lipinski definition) is 6. The van der Waals surface area contributed by atoms with E-state index in [4.69, 9.17) is 16.3 Å². The van der Waals surface area contributed by atoms with Crippen LogP contribution >= 0.6 is 23.4 Å². The fraction of sp³-hybridized carbons (Fsp3) is 0.444. The third kappa shape index (κ3) is 3.62. The number of carbonyl (C=O) groups excluding carboxylic acids is 1. The van der Waals surface area contributed by atoms with Crippen molar-refractivity contribution < 1.29 is 9.53 Å². The maximum atomic E-state index is 13.0. The van der Waals surface area contributed by atoms with Gasteiger partial charge in [0.15, 0.2) is 5.50 Å². The zero-order chi connectivity index (χ0) is 18.1. The van der Waals surface area contributed by atoms with Crippen LogP contribution in [-0.2, 0) is 9.53 Å². The van der Waals surface area contributed by atoms with Gasteiger partial charge in [0.05, 0.1) is 13.2 Å². The Bertz CT molecular complexity index is 759. The van der Waals surface area contributed by atoms with E-state index in [0.717, 1.165) is 61.1 Å². The number of morpholine rings is 1. The topological polar surface area (TPSA) is 57.2 Å². The summed E-state index contributed by atoms with van der Waals surface area (Å²) < 4.78 is 5.38. The standard InChI is InChI=1S/C18H21ClN4O2S/c1-12-15(6-7-22-8-10-25-11-9-22)17(24)23-18(20-12)26-16(21-23)13-2-4-14(19)5-3-13/h2-5,18,20H,6-11H2,1H3. The predicted molar refractivity (Wildman–Crippen MR) is 104 cm³/mol. The molecule has 1 aromatic rings. The van der Waals surface area contributed by atoms with Gasteiger partial charge in [0, 0.05) is 41.5 Å². The van der Waals surface area contributed by atoms with Gasteiger partial charge in [-0.1, -0.05) is 35.5 Å². The molecule has 138 valence electrons. The van der Waals surface area contributed by atoms with Crippen LogP contribution in [0.5, 0.6) is 0 Å². The summed E-state index contributed by atoms with van der Waals surface area (Å²) in [5.74, 6) is -0.00373. The van der Waals surface area contributed by atoms with Crippen LogP contribution in [0.3, 0.4) is 0 Å². The molecule has 3 aliphatic rings. The first-order chi connectivity index (χ1) is 12.6. The first-order valence-corrected chi connectivity index (χ1v) is 9.99. The van der Waals surface area contributed by atoms with Gasteiger partial charge >= 0.3 is 0 Å². The van der Waals surface area contributed by atoms with E-state index >= 15 is 0 Å². The molecule has 3 aliphatic heterocycles. The molecule has 1 aromatic carbocycles. The number of fused-ring (bicyclic) bond motifs is 1. The number of allylic oxidation sites excluding steroid dienone is 1. The summed E-state index contributed by atoms with van der Waals surface area (Å²) in [6, 6.07) is 7.53. The third-order valence-corrected chi connectivity index (χ3v) is 6.11. The Labute approximate surface area is 162 Å². The minimum atomic E-state index is -0.180. The van der Waals surface area contributed by atoms with Gasteiger partial charge in [-0.05, 0) is 25.5 Å². The molecule has 1 N–H and O–H groups in total. The monoisotopic (exact) mass is 392 g/mol. The van der Waals surface area contributed by atoms with Crippen molar-refractivity contribution in [3.63, 3.8) is 0 Å². The number of halogens is 1. The Hall–Kier alpha value is -1.54. The lowest BCUT2D eigenvalue weighted by molar-refractivity contribution is -0.129. The quantitative estimate of drug-likeness (QED) is 0.853. The summed E-state index contributed by atoms with van der Waals surface area (Å²) in [5, 5.41) is 11.1. The first kappa shape index (κ1) is 17.9. The lowest BCUT2D eigenvalue weighted by atomic mass is 10.1. The zero-order valence-electron chi connectivity index (χ0n) is 14.6. The molecular formula is C18H21ClN4O2S. The molecule has 1 atom stereocenters. The third-order valence-electron chi connectivity index (χ3n) is 4.78. The lowest BCUT2D eigenvalue weighted by Crippen LogP contribution is -2.47.